The molecule has 1 aliphatic heterocycles. The van der Waals surface area contributed by atoms with Crippen molar-refractivity contribution in [1.29, 1.82) is 0 Å². The molecule has 2 aromatic carbocycles. The highest BCUT2D eigenvalue weighted by molar-refractivity contribution is 7.89. The maximum atomic E-state index is 13.0. The molecule has 1 N–H and O–H groups in total. The Kier molecular flexibility index (Phi) is 7.32. The second-order valence-electron chi connectivity index (χ2n) is 8.39. The van der Waals surface area contributed by atoms with Gasteiger partial charge in [0.15, 0.2) is 6.61 Å². The fraction of sp³-hybridized carbons (Fsp3) is 0.320. The largest absolute Gasteiger partial charge is 0.452 e. The minimum Gasteiger partial charge on any atom is -0.452 e. The number of ether oxygens (including phenoxy) is 1. The third kappa shape index (κ3) is 5.44. The first-order valence-corrected chi connectivity index (χ1v) is 12.8. The number of nitrogens with one attached hydrogen (secondary N) is 1. The van der Waals surface area contributed by atoms with E-state index < -0.39 is 28.5 Å². The molecule has 35 heavy (non-hydrogen) atoms. The first kappa shape index (κ1) is 24.6. The summed E-state index contributed by atoms with van der Waals surface area (Å²) in [5.74, 6) is -1.05. The van der Waals surface area contributed by atoms with Crippen molar-refractivity contribution in [2.45, 2.75) is 38.0 Å². The summed E-state index contributed by atoms with van der Waals surface area (Å²) < 4.78 is 37.8. The van der Waals surface area contributed by atoms with Crippen molar-refractivity contribution in [1.82, 2.24) is 9.46 Å². The lowest BCUT2D eigenvalue weighted by Crippen LogP contribution is -2.35. The molecule has 1 amide bonds. The molecule has 0 saturated carbocycles. The lowest BCUT2D eigenvalue weighted by atomic mass is 10.1. The summed E-state index contributed by atoms with van der Waals surface area (Å²) >= 11 is 0. The van der Waals surface area contributed by atoms with E-state index in [1.807, 2.05) is 18.2 Å². The van der Waals surface area contributed by atoms with Gasteiger partial charge in [-0.15, -0.1) is 0 Å². The highest BCUT2D eigenvalue weighted by Gasteiger charge is 2.27. The van der Waals surface area contributed by atoms with Gasteiger partial charge >= 0.3 is 5.97 Å². The summed E-state index contributed by atoms with van der Waals surface area (Å²) in [7, 11) is -3.65. The van der Waals surface area contributed by atoms with E-state index in [0.717, 1.165) is 19.3 Å². The number of nitrogens with zero attached hydrogens (tertiary/aromatic N) is 2. The van der Waals surface area contributed by atoms with Gasteiger partial charge in [-0.3, -0.25) is 4.79 Å². The molecule has 10 heteroatoms. The third-order valence-electron chi connectivity index (χ3n) is 5.88. The van der Waals surface area contributed by atoms with E-state index in [1.165, 1.54) is 16.4 Å². The quantitative estimate of drug-likeness (QED) is 0.491. The fourth-order valence-corrected chi connectivity index (χ4v) is 5.49. The van der Waals surface area contributed by atoms with Crippen LogP contribution in [0.3, 0.4) is 0 Å². The van der Waals surface area contributed by atoms with Crippen LogP contribution in [0.4, 0.5) is 5.69 Å². The Morgan fingerprint density at radius 2 is 1.77 bits per heavy atom. The number of anilines is 1. The molecule has 0 radical (unpaired) electrons. The van der Waals surface area contributed by atoms with E-state index in [9.17, 15) is 18.0 Å². The molecule has 1 aliphatic rings. The third-order valence-corrected chi connectivity index (χ3v) is 7.78. The molecule has 0 bridgehead atoms. The van der Waals surface area contributed by atoms with Gasteiger partial charge in [-0.05, 0) is 44.4 Å². The van der Waals surface area contributed by atoms with E-state index in [-0.39, 0.29) is 16.2 Å². The molecule has 2 heterocycles. The van der Waals surface area contributed by atoms with E-state index in [0.29, 0.717) is 35.6 Å². The van der Waals surface area contributed by atoms with Gasteiger partial charge in [0.1, 0.15) is 17.0 Å². The minimum atomic E-state index is -3.65. The minimum absolute atomic E-state index is 0.116. The highest BCUT2D eigenvalue weighted by Crippen LogP contribution is 2.27. The molecule has 3 aromatic rings. The average molecular weight is 498 g/mol. The zero-order chi connectivity index (χ0) is 25.0. The molecule has 0 spiro atoms. The fourth-order valence-electron chi connectivity index (χ4n) is 3.95. The Morgan fingerprint density at radius 3 is 2.49 bits per heavy atom. The summed E-state index contributed by atoms with van der Waals surface area (Å²) in [6.07, 6.45) is 2.68. The second-order valence-corrected chi connectivity index (χ2v) is 10.3. The maximum absolute atomic E-state index is 13.0. The van der Waals surface area contributed by atoms with Crippen LogP contribution in [0.25, 0.3) is 11.3 Å². The number of carbonyl (C=O) groups excluding carboxylic acids is 2. The van der Waals surface area contributed by atoms with Crippen molar-refractivity contribution < 1.29 is 27.3 Å². The monoisotopic (exact) mass is 497 g/mol. The Labute approximate surface area is 204 Å². The van der Waals surface area contributed by atoms with Gasteiger partial charge in [-0.1, -0.05) is 48.0 Å². The van der Waals surface area contributed by atoms with Crippen LogP contribution in [0.1, 0.15) is 40.9 Å². The number of aromatic nitrogens is 1. The highest BCUT2D eigenvalue weighted by atomic mass is 32.2. The van der Waals surface area contributed by atoms with Crippen molar-refractivity contribution in [3.63, 3.8) is 0 Å². The number of hydrogen-bond acceptors (Lipinski definition) is 7. The van der Waals surface area contributed by atoms with E-state index in [2.05, 4.69) is 10.5 Å². The number of aryl methyl sites for hydroxylation is 2. The zero-order valence-corrected chi connectivity index (χ0v) is 20.4. The van der Waals surface area contributed by atoms with Crippen LogP contribution in [0.5, 0.6) is 0 Å². The van der Waals surface area contributed by atoms with Gasteiger partial charge in [-0.2, -0.15) is 4.31 Å². The van der Waals surface area contributed by atoms with Crippen LogP contribution >= 0.6 is 0 Å². The molecular formula is C25H27N3O6S. The summed E-state index contributed by atoms with van der Waals surface area (Å²) in [6.45, 7) is 3.77. The van der Waals surface area contributed by atoms with Crippen molar-refractivity contribution in [2.75, 3.05) is 25.0 Å². The lowest BCUT2D eigenvalue weighted by Gasteiger charge is -2.26. The maximum Gasteiger partial charge on any atom is 0.344 e. The van der Waals surface area contributed by atoms with Gasteiger partial charge in [0.05, 0.1) is 4.90 Å². The Hall–Kier alpha value is -3.50. The molecule has 1 aromatic heterocycles. The van der Waals surface area contributed by atoms with E-state index in [1.54, 1.807) is 32.0 Å². The van der Waals surface area contributed by atoms with E-state index in [4.69, 9.17) is 9.26 Å². The lowest BCUT2D eigenvalue weighted by molar-refractivity contribution is -0.119. The molecule has 184 valence electrons. The topological polar surface area (TPSA) is 119 Å². The summed E-state index contributed by atoms with van der Waals surface area (Å²) in [5.41, 5.74) is 2.19. The normalized spacial score (nSPS) is 14.5. The van der Waals surface area contributed by atoms with Crippen LogP contribution in [0.15, 0.2) is 57.9 Å². The number of amides is 1. The molecular weight excluding hydrogens is 470 g/mol. The van der Waals surface area contributed by atoms with Crippen LogP contribution < -0.4 is 5.32 Å². The first-order valence-electron chi connectivity index (χ1n) is 11.4. The Bertz CT molecular complexity index is 1330. The van der Waals surface area contributed by atoms with Crippen molar-refractivity contribution in [3.8, 4) is 11.3 Å². The van der Waals surface area contributed by atoms with E-state index >= 15 is 0 Å². The molecule has 4 rings (SSSR count). The summed E-state index contributed by atoms with van der Waals surface area (Å²) in [5, 5.41) is 6.60. The van der Waals surface area contributed by atoms with Crippen LogP contribution in [-0.4, -0.2) is 49.5 Å². The van der Waals surface area contributed by atoms with Gasteiger partial charge < -0.3 is 14.6 Å². The van der Waals surface area contributed by atoms with Gasteiger partial charge in [0.2, 0.25) is 10.0 Å². The van der Waals surface area contributed by atoms with Crippen molar-refractivity contribution >= 4 is 27.6 Å². The van der Waals surface area contributed by atoms with Crippen molar-refractivity contribution in [2.24, 2.45) is 0 Å². The van der Waals surface area contributed by atoms with Crippen LogP contribution in [-0.2, 0) is 19.6 Å². The molecule has 0 atom stereocenters. The number of benzene rings is 2. The molecule has 0 unspecified atom stereocenters. The van der Waals surface area contributed by atoms with Gasteiger partial charge in [0.25, 0.3) is 5.91 Å². The number of hydrogen-bond donors (Lipinski definition) is 1. The van der Waals surface area contributed by atoms with Crippen LogP contribution in [0.2, 0.25) is 0 Å². The molecule has 9 nitrogen and oxygen atoms in total. The van der Waals surface area contributed by atoms with Crippen molar-refractivity contribution in [3.05, 3.63) is 65.4 Å². The smallest absolute Gasteiger partial charge is 0.344 e. The molecule has 1 saturated heterocycles. The Morgan fingerprint density at radius 1 is 1.06 bits per heavy atom. The number of piperidine rings is 1. The SMILES string of the molecule is Cc1ccc(S(=O)(=O)N2CCCCC2)cc1NC(=O)COC(=O)c1c(-c2ccccc2)noc1C. The second kappa shape index (κ2) is 10.4. The predicted molar refractivity (Wildman–Crippen MR) is 129 cm³/mol. The van der Waals surface area contributed by atoms with Gasteiger partial charge in [-0.25, -0.2) is 13.2 Å². The standard InChI is InChI=1S/C25H27N3O6S/c1-17-11-12-20(35(31,32)28-13-7-4-8-14-28)15-21(17)26-22(29)16-33-25(30)23-18(2)34-27-24(23)19-9-5-3-6-10-19/h3,5-6,9-12,15H,4,7-8,13-14,16H2,1-2H3,(H,26,29). The zero-order valence-electron chi connectivity index (χ0n) is 19.6. The molecule has 0 aliphatic carbocycles. The number of carbonyl (C=O) groups is 2. The summed E-state index contributed by atoms with van der Waals surface area (Å²) in [6, 6.07) is 13.7. The van der Waals surface area contributed by atoms with Crippen LogP contribution in [0, 0.1) is 13.8 Å². The predicted octanol–water partition coefficient (Wildman–Crippen LogP) is 3.93. The van der Waals surface area contributed by atoms with Gasteiger partial charge in [0, 0.05) is 24.3 Å². The first-order chi connectivity index (χ1) is 16.8. The molecule has 1 fully saturated rings. The number of rotatable bonds is 7. The number of sulfonamides is 1. The average Bonchev–Trinajstić information content (AvgIpc) is 3.26. The Balaban J connectivity index is 1.44. The number of esters is 1. The summed E-state index contributed by atoms with van der Waals surface area (Å²) in [4.78, 5) is 25.4.